The Morgan fingerprint density at radius 2 is 2.20 bits per heavy atom. The molecular weight excluding hydrogens is 192 g/mol. The van der Waals surface area contributed by atoms with E-state index in [4.69, 9.17) is 0 Å². The normalized spacial score (nSPS) is 17.9. The van der Waals surface area contributed by atoms with Crippen LogP contribution in [0.15, 0.2) is 0 Å². The van der Waals surface area contributed by atoms with Gasteiger partial charge in [0.25, 0.3) is 0 Å². The van der Waals surface area contributed by atoms with Crippen LogP contribution in [0, 0.1) is 0 Å². The van der Waals surface area contributed by atoms with E-state index in [-0.39, 0.29) is 5.91 Å². The standard InChI is InChI=1S/C11H20N2O2/c1-12(2)11(15)6-4-8-13-7-3-5-10(14)9-13/h3-9H2,1-2H3. The van der Waals surface area contributed by atoms with Gasteiger partial charge in [0, 0.05) is 26.9 Å². The van der Waals surface area contributed by atoms with Crippen molar-refractivity contribution in [2.45, 2.75) is 25.7 Å². The molecule has 0 bridgehead atoms. The van der Waals surface area contributed by atoms with E-state index < -0.39 is 0 Å². The number of nitrogens with zero attached hydrogens (tertiary/aromatic N) is 2. The molecule has 1 aliphatic rings. The van der Waals surface area contributed by atoms with Crippen LogP contribution >= 0.6 is 0 Å². The molecule has 0 aromatic heterocycles. The van der Waals surface area contributed by atoms with Crippen molar-refractivity contribution in [1.29, 1.82) is 0 Å². The molecule has 4 heteroatoms. The van der Waals surface area contributed by atoms with E-state index in [0.29, 0.717) is 18.7 Å². The van der Waals surface area contributed by atoms with E-state index >= 15 is 0 Å². The van der Waals surface area contributed by atoms with Crippen LogP contribution in [-0.2, 0) is 9.59 Å². The second kappa shape index (κ2) is 5.85. The SMILES string of the molecule is CN(C)C(=O)CCCN1CCCC(=O)C1. The summed E-state index contributed by atoms with van der Waals surface area (Å²) in [6.45, 7) is 2.45. The zero-order valence-corrected chi connectivity index (χ0v) is 9.66. The first-order valence-electron chi connectivity index (χ1n) is 5.54. The smallest absolute Gasteiger partial charge is 0.222 e. The minimum atomic E-state index is 0.165. The Morgan fingerprint density at radius 3 is 2.80 bits per heavy atom. The number of likely N-dealkylation sites (tertiary alicyclic amines) is 1. The Balaban J connectivity index is 2.14. The fraction of sp³-hybridized carbons (Fsp3) is 0.818. The monoisotopic (exact) mass is 212 g/mol. The van der Waals surface area contributed by atoms with Gasteiger partial charge in [-0.25, -0.2) is 0 Å². The van der Waals surface area contributed by atoms with Crippen molar-refractivity contribution in [2.24, 2.45) is 0 Å². The largest absolute Gasteiger partial charge is 0.349 e. The van der Waals surface area contributed by atoms with Crippen molar-refractivity contribution in [3.05, 3.63) is 0 Å². The Morgan fingerprint density at radius 1 is 1.47 bits per heavy atom. The highest BCUT2D eigenvalue weighted by atomic mass is 16.2. The summed E-state index contributed by atoms with van der Waals surface area (Å²) < 4.78 is 0. The first kappa shape index (κ1) is 12.2. The second-order valence-corrected chi connectivity index (χ2v) is 4.31. The predicted octanol–water partition coefficient (Wildman–Crippen LogP) is 0.520. The van der Waals surface area contributed by atoms with E-state index in [1.807, 2.05) is 0 Å². The minimum absolute atomic E-state index is 0.165. The molecule has 15 heavy (non-hydrogen) atoms. The average Bonchev–Trinajstić information content (AvgIpc) is 2.17. The summed E-state index contributed by atoms with van der Waals surface area (Å²) in [6.07, 6.45) is 3.13. The van der Waals surface area contributed by atoms with Gasteiger partial charge in [0.15, 0.2) is 0 Å². The molecule has 0 spiro atoms. The zero-order valence-electron chi connectivity index (χ0n) is 9.66. The lowest BCUT2D eigenvalue weighted by molar-refractivity contribution is -0.128. The molecule has 0 radical (unpaired) electrons. The maximum atomic E-state index is 11.3. The third-order valence-corrected chi connectivity index (χ3v) is 2.69. The van der Waals surface area contributed by atoms with Crippen molar-refractivity contribution < 1.29 is 9.59 Å². The van der Waals surface area contributed by atoms with Crippen molar-refractivity contribution in [1.82, 2.24) is 9.80 Å². The highest BCUT2D eigenvalue weighted by Gasteiger charge is 2.16. The van der Waals surface area contributed by atoms with E-state index in [1.165, 1.54) is 0 Å². The van der Waals surface area contributed by atoms with Crippen molar-refractivity contribution in [3.8, 4) is 0 Å². The molecule has 0 aromatic rings. The molecular formula is C11H20N2O2. The van der Waals surface area contributed by atoms with Gasteiger partial charge in [-0.15, -0.1) is 0 Å². The maximum Gasteiger partial charge on any atom is 0.222 e. The van der Waals surface area contributed by atoms with Gasteiger partial charge in [-0.2, -0.15) is 0 Å². The van der Waals surface area contributed by atoms with Gasteiger partial charge >= 0.3 is 0 Å². The molecule has 0 aromatic carbocycles. The van der Waals surface area contributed by atoms with E-state index in [0.717, 1.165) is 32.4 Å². The van der Waals surface area contributed by atoms with Gasteiger partial charge in [-0.3, -0.25) is 14.5 Å². The van der Waals surface area contributed by atoms with Crippen LogP contribution in [0.3, 0.4) is 0 Å². The molecule has 1 saturated heterocycles. The molecule has 1 aliphatic heterocycles. The Hall–Kier alpha value is -0.900. The summed E-state index contributed by atoms with van der Waals surface area (Å²) >= 11 is 0. The molecule has 1 heterocycles. The minimum Gasteiger partial charge on any atom is -0.349 e. The number of rotatable bonds is 4. The molecule has 1 amide bonds. The second-order valence-electron chi connectivity index (χ2n) is 4.31. The summed E-state index contributed by atoms with van der Waals surface area (Å²) in [5.41, 5.74) is 0. The summed E-state index contributed by atoms with van der Waals surface area (Å²) in [5, 5.41) is 0. The third kappa shape index (κ3) is 4.42. The molecule has 0 unspecified atom stereocenters. The third-order valence-electron chi connectivity index (χ3n) is 2.69. The van der Waals surface area contributed by atoms with E-state index in [9.17, 15) is 9.59 Å². The zero-order chi connectivity index (χ0) is 11.3. The van der Waals surface area contributed by atoms with Gasteiger partial charge in [-0.05, 0) is 25.9 Å². The highest BCUT2D eigenvalue weighted by Crippen LogP contribution is 2.07. The maximum absolute atomic E-state index is 11.3. The van der Waals surface area contributed by atoms with Gasteiger partial charge in [0.2, 0.25) is 5.91 Å². The fourth-order valence-corrected chi connectivity index (χ4v) is 1.78. The van der Waals surface area contributed by atoms with Gasteiger partial charge in [-0.1, -0.05) is 0 Å². The van der Waals surface area contributed by atoms with Crippen molar-refractivity contribution >= 4 is 11.7 Å². The number of hydrogen-bond acceptors (Lipinski definition) is 3. The van der Waals surface area contributed by atoms with Crippen LogP contribution in [0.1, 0.15) is 25.7 Å². The Bertz CT molecular complexity index is 239. The van der Waals surface area contributed by atoms with Crippen LogP contribution in [0.25, 0.3) is 0 Å². The lowest BCUT2D eigenvalue weighted by Gasteiger charge is -2.25. The summed E-state index contributed by atoms with van der Waals surface area (Å²) in [7, 11) is 3.54. The molecule has 0 aliphatic carbocycles. The number of Topliss-reactive ketones (excluding diaryl/α,β-unsaturated/α-hetero) is 1. The summed E-state index contributed by atoms with van der Waals surface area (Å²) in [5.74, 6) is 0.499. The number of hydrogen-bond donors (Lipinski definition) is 0. The quantitative estimate of drug-likeness (QED) is 0.682. The van der Waals surface area contributed by atoms with Crippen molar-refractivity contribution in [3.63, 3.8) is 0 Å². The molecule has 0 atom stereocenters. The van der Waals surface area contributed by atoms with Crippen LogP contribution in [0.2, 0.25) is 0 Å². The molecule has 0 N–H and O–H groups in total. The number of amides is 1. The lowest BCUT2D eigenvalue weighted by Crippen LogP contribution is -2.36. The molecule has 86 valence electrons. The number of ketones is 1. The van der Waals surface area contributed by atoms with Gasteiger partial charge < -0.3 is 4.90 Å². The van der Waals surface area contributed by atoms with E-state index in [1.54, 1.807) is 19.0 Å². The Labute approximate surface area is 91.2 Å². The van der Waals surface area contributed by atoms with Crippen LogP contribution in [0.4, 0.5) is 0 Å². The first-order valence-corrected chi connectivity index (χ1v) is 5.54. The van der Waals surface area contributed by atoms with Gasteiger partial charge in [0.1, 0.15) is 5.78 Å². The van der Waals surface area contributed by atoms with Crippen LogP contribution in [0.5, 0.6) is 0 Å². The summed E-state index contributed by atoms with van der Waals surface area (Å²) in [4.78, 5) is 26.2. The number of carbonyl (C=O) groups is 2. The van der Waals surface area contributed by atoms with Crippen molar-refractivity contribution in [2.75, 3.05) is 33.7 Å². The average molecular weight is 212 g/mol. The van der Waals surface area contributed by atoms with Crippen LogP contribution in [-0.4, -0.2) is 55.2 Å². The number of carbonyl (C=O) groups excluding carboxylic acids is 2. The summed E-state index contributed by atoms with van der Waals surface area (Å²) in [6, 6.07) is 0. The molecule has 0 saturated carbocycles. The predicted molar refractivity (Wildman–Crippen MR) is 58.6 cm³/mol. The van der Waals surface area contributed by atoms with Gasteiger partial charge in [0.05, 0.1) is 6.54 Å². The Kier molecular flexibility index (Phi) is 4.75. The van der Waals surface area contributed by atoms with Crippen LogP contribution < -0.4 is 0 Å². The topological polar surface area (TPSA) is 40.6 Å². The number of piperidine rings is 1. The van der Waals surface area contributed by atoms with E-state index in [2.05, 4.69) is 4.90 Å². The molecule has 1 fully saturated rings. The molecule has 4 nitrogen and oxygen atoms in total. The fourth-order valence-electron chi connectivity index (χ4n) is 1.78. The first-order chi connectivity index (χ1) is 7.09. The lowest BCUT2D eigenvalue weighted by atomic mass is 10.1. The molecule has 1 rings (SSSR count). The highest BCUT2D eigenvalue weighted by molar-refractivity contribution is 5.81.